The topological polar surface area (TPSA) is 108 Å². The molecule has 8 nitrogen and oxygen atoms in total. The van der Waals surface area contributed by atoms with Crippen LogP contribution in [0.1, 0.15) is 162 Å². The Morgan fingerprint density at radius 1 is 0.466 bits per heavy atom. The molecule has 0 aromatic carbocycles. The van der Waals surface area contributed by atoms with E-state index in [0.29, 0.717) is 12.8 Å². The van der Waals surface area contributed by atoms with E-state index in [4.69, 9.17) is 18.5 Å². The highest BCUT2D eigenvalue weighted by atomic mass is 31.2. The van der Waals surface area contributed by atoms with Crippen molar-refractivity contribution in [2.45, 2.75) is 168 Å². The van der Waals surface area contributed by atoms with Gasteiger partial charge in [-0.05, 0) is 103 Å². The van der Waals surface area contributed by atoms with Crippen LogP contribution in [0.25, 0.3) is 0 Å². The van der Waals surface area contributed by atoms with Crippen LogP contribution in [0.2, 0.25) is 0 Å². The molecule has 0 aromatic heterocycles. The maximum absolute atomic E-state index is 12.6. The molecule has 58 heavy (non-hydrogen) atoms. The summed E-state index contributed by atoms with van der Waals surface area (Å²) < 4.78 is 32.6. The second-order valence-electron chi connectivity index (χ2n) is 13.9. The van der Waals surface area contributed by atoms with Crippen LogP contribution in [-0.2, 0) is 32.7 Å². The lowest BCUT2D eigenvalue weighted by atomic mass is 10.1. The molecule has 2 atom stereocenters. The van der Waals surface area contributed by atoms with Gasteiger partial charge in [-0.25, -0.2) is 4.57 Å². The van der Waals surface area contributed by atoms with E-state index in [-0.39, 0.29) is 26.1 Å². The van der Waals surface area contributed by atoms with Gasteiger partial charge < -0.3 is 14.4 Å². The van der Waals surface area contributed by atoms with Crippen LogP contribution in [0.4, 0.5) is 0 Å². The first-order valence-corrected chi connectivity index (χ1v) is 23.7. The summed E-state index contributed by atoms with van der Waals surface area (Å²) >= 11 is 0. The molecular weight excluding hydrogens is 748 g/mol. The number of rotatable bonds is 39. The Kier molecular flexibility index (Phi) is 40.8. The molecule has 0 rings (SSSR count). The summed E-state index contributed by atoms with van der Waals surface area (Å²) in [4.78, 5) is 34.8. The van der Waals surface area contributed by atoms with Gasteiger partial charge in [-0.2, -0.15) is 0 Å². The van der Waals surface area contributed by atoms with E-state index in [2.05, 4.69) is 123 Å². The Balaban J connectivity index is 4.19. The van der Waals surface area contributed by atoms with Gasteiger partial charge in [0.15, 0.2) is 6.10 Å². The molecule has 0 saturated carbocycles. The molecule has 1 N–H and O–H groups in total. The Hall–Kier alpha value is -3.29. The van der Waals surface area contributed by atoms with Crippen molar-refractivity contribution in [2.24, 2.45) is 0 Å². The Morgan fingerprint density at radius 2 is 0.828 bits per heavy atom. The van der Waals surface area contributed by atoms with Gasteiger partial charge in [0, 0.05) is 12.8 Å². The third kappa shape index (κ3) is 42.3. The summed E-state index contributed by atoms with van der Waals surface area (Å²) in [5, 5.41) is 0. The molecule has 9 heteroatoms. The first-order chi connectivity index (χ1) is 28.3. The minimum atomic E-state index is -4.30. The number of phosphoric acid groups is 1. The first-order valence-electron chi connectivity index (χ1n) is 22.2. The van der Waals surface area contributed by atoms with Gasteiger partial charge in [0.2, 0.25) is 0 Å². The fourth-order valence-electron chi connectivity index (χ4n) is 5.41. The predicted octanol–water partition coefficient (Wildman–Crippen LogP) is 14.2. The highest BCUT2D eigenvalue weighted by Crippen LogP contribution is 2.43. The second-order valence-corrected chi connectivity index (χ2v) is 15.4. The summed E-state index contributed by atoms with van der Waals surface area (Å²) in [5.74, 6) is -0.863. The highest BCUT2D eigenvalue weighted by Gasteiger charge is 2.25. The molecule has 0 radical (unpaired) electrons. The van der Waals surface area contributed by atoms with Crippen molar-refractivity contribution in [3.05, 3.63) is 109 Å². The fraction of sp³-hybridized carbons (Fsp3) is 0.592. The molecule has 0 saturated heterocycles. The van der Waals surface area contributed by atoms with Crippen LogP contribution >= 0.6 is 7.82 Å². The number of carbonyl (C=O) groups excluding carboxylic acids is 2. The summed E-state index contributed by atoms with van der Waals surface area (Å²) in [5.41, 5.74) is 0. The zero-order valence-corrected chi connectivity index (χ0v) is 37.3. The maximum atomic E-state index is 12.6. The number of allylic oxidation sites excluding steroid dienone is 18. The molecular formula is C49H79O8P. The molecule has 2 unspecified atom stereocenters. The van der Waals surface area contributed by atoms with Gasteiger partial charge in [0.05, 0.1) is 13.2 Å². The van der Waals surface area contributed by atoms with Gasteiger partial charge in [-0.1, -0.05) is 155 Å². The third-order valence-corrected chi connectivity index (χ3v) is 9.63. The number of phosphoric ester groups is 1. The van der Waals surface area contributed by atoms with Crippen molar-refractivity contribution < 1.29 is 37.6 Å². The smallest absolute Gasteiger partial charge is 0.462 e. The van der Waals surface area contributed by atoms with E-state index < -0.39 is 32.5 Å². The highest BCUT2D eigenvalue weighted by molar-refractivity contribution is 7.47. The molecule has 0 heterocycles. The van der Waals surface area contributed by atoms with Crippen molar-refractivity contribution in [2.75, 3.05) is 19.8 Å². The van der Waals surface area contributed by atoms with Crippen LogP contribution < -0.4 is 0 Å². The molecule has 0 aliphatic carbocycles. The number of hydrogen-bond acceptors (Lipinski definition) is 7. The van der Waals surface area contributed by atoms with Gasteiger partial charge in [-0.15, -0.1) is 0 Å². The van der Waals surface area contributed by atoms with Gasteiger partial charge in [0.1, 0.15) is 6.61 Å². The van der Waals surface area contributed by atoms with E-state index in [1.807, 2.05) is 0 Å². The average molecular weight is 827 g/mol. The number of hydrogen-bond donors (Lipinski definition) is 1. The van der Waals surface area contributed by atoms with Crippen LogP contribution in [0.5, 0.6) is 0 Å². The number of unbranched alkanes of at least 4 members (excludes halogenated alkanes) is 9. The minimum absolute atomic E-state index is 0.0157. The zero-order chi connectivity index (χ0) is 42.5. The second kappa shape index (κ2) is 43.3. The van der Waals surface area contributed by atoms with E-state index in [0.717, 1.165) is 116 Å². The molecule has 0 fully saturated rings. The number of ether oxygens (including phenoxy) is 2. The lowest BCUT2D eigenvalue weighted by Crippen LogP contribution is -2.29. The summed E-state index contributed by atoms with van der Waals surface area (Å²) in [6.07, 6.45) is 58.5. The van der Waals surface area contributed by atoms with E-state index in [9.17, 15) is 19.0 Å². The van der Waals surface area contributed by atoms with Crippen LogP contribution in [0, 0.1) is 0 Å². The van der Waals surface area contributed by atoms with Crippen LogP contribution in [-0.4, -0.2) is 42.8 Å². The van der Waals surface area contributed by atoms with Crippen molar-refractivity contribution in [1.29, 1.82) is 0 Å². The minimum Gasteiger partial charge on any atom is -0.462 e. The average Bonchev–Trinajstić information content (AvgIpc) is 3.20. The molecule has 0 aromatic rings. The third-order valence-electron chi connectivity index (χ3n) is 8.57. The lowest BCUT2D eigenvalue weighted by Gasteiger charge is -2.19. The standard InChI is InChI=1S/C49H79O8P/c1-4-7-9-11-13-15-17-19-21-23-25-27-29-31-33-35-37-39-41-43-48(50)54-45-47(46-56-58(52,53)55-6-3)57-49(51)44-42-40-38-36-34-32-30-28-26-24-22-20-18-16-14-12-10-8-5-2/h7-10,13-16,19-22,25-28,32,34,47H,4-6,11-12,17-18,23-24,29-31,33,35-46H2,1-3H3,(H,52,53)/b9-7-,10-8-,15-13-,16-14-,21-19-,22-20-,27-25-,28-26-,34-32-. The van der Waals surface area contributed by atoms with Crippen molar-refractivity contribution in [3.8, 4) is 0 Å². The van der Waals surface area contributed by atoms with E-state index >= 15 is 0 Å². The number of esters is 2. The molecule has 0 aliphatic rings. The summed E-state index contributed by atoms with van der Waals surface area (Å²) in [7, 11) is -4.30. The van der Waals surface area contributed by atoms with E-state index in [1.165, 1.54) is 0 Å². The first kappa shape index (κ1) is 54.7. The van der Waals surface area contributed by atoms with Gasteiger partial charge in [-0.3, -0.25) is 18.6 Å². The normalized spacial score (nSPS) is 14.3. The Morgan fingerprint density at radius 3 is 1.26 bits per heavy atom. The summed E-state index contributed by atoms with van der Waals surface area (Å²) in [6.45, 7) is 5.17. The number of carbonyl (C=O) groups is 2. The largest absolute Gasteiger partial charge is 0.472 e. The molecule has 328 valence electrons. The van der Waals surface area contributed by atoms with Crippen molar-refractivity contribution in [1.82, 2.24) is 0 Å². The predicted molar refractivity (Wildman–Crippen MR) is 243 cm³/mol. The quantitative estimate of drug-likeness (QED) is 0.0282. The van der Waals surface area contributed by atoms with Gasteiger partial charge in [0.25, 0.3) is 0 Å². The Bertz CT molecular complexity index is 1300. The molecule has 0 spiro atoms. The Labute approximate surface area is 353 Å². The van der Waals surface area contributed by atoms with Crippen LogP contribution in [0.15, 0.2) is 109 Å². The zero-order valence-electron chi connectivity index (χ0n) is 36.4. The lowest BCUT2D eigenvalue weighted by molar-refractivity contribution is -0.161. The fourth-order valence-corrected chi connectivity index (χ4v) is 6.17. The monoisotopic (exact) mass is 827 g/mol. The van der Waals surface area contributed by atoms with E-state index in [1.54, 1.807) is 6.92 Å². The van der Waals surface area contributed by atoms with Crippen molar-refractivity contribution in [3.63, 3.8) is 0 Å². The van der Waals surface area contributed by atoms with Gasteiger partial charge >= 0.3 is 19.8 Å². The molecule has 0 amide bonds. The molecule has 0 aliphatic heterocycles. The molecule has 0 bridgehead atoms. The maximum Gasteiger partial charge on any atom is 0.472 e. The summed E-state index contributed by atoms with van der Waals surface area (Å²) in [6, 6.07) is 0. The SMILES string of the molecule is CC/C=C\C/C=C\C/C=C\C/C=C\C/C=C\CCCCCC(=O)OC(COC(=O)CCCCCCCC/C=C\C/C=C\C/C=C\C/C=C\CC)COP(=O)(O)OCC. The van der Waals surface area contributed by atoms with Crippen LogP contribution in [0.3, 0.4) is 0 Å². The van der Waals surface area contributed by atoms with Crippen molar-refractivity contribution >= 4 is 19.8 Å².